The van der Waals surface area contributed by atoms with E-state index < -0.39 is 0 Å². The first-order valence-corrected chi connectivity index (χ1v) is 9.63. The van der Waals surface area contributed by atoms with Gasteiger partial charge < -0.3 is 28.4 Å². The van der Waals surface area contributed by atoms with Crippen molar-refractivity contribution in [3.63, 3.8) is 0 Å². The number of epoxide rings is 1. The molecule has 1 aliphatic heterocycles. The van der Waals surface area contributed by atoms with Crippen molar-refractivity contribution in [2.45, 2.75) is 58.3 Å². The number of methoxy groups -OCH3 is 3. The molecule has 0 aliphatic carbocycles. The van der Waals surface area contributed by atoms with Gasteiger partial charge in [0.05, 0.1) is 18.3 Å². The van der Waals surface area contributed by atoms with Gasteiger partial charge in [-0.25, -0.2) is 0 Å². The van der Waals surface area contributed by atoms with Crippen LogP contribution in [-0.4, -0.2) is 46.6 Å². The van der Waals surface area contributed by atoms with E-state index in [1.807, 2.05) is 6.07 Å². The third-order valence-electron chi connectivity index (χ3n) is 4.79. The number of benzene rings is 1. The summed E-state index contributed by atoms with van der Waals surface area (Å²) in [5.74, 6) is 1.30. The Balaban J connectivity index is 2.15. The van der Waals surface area contributed by atoms with Crippen LogP contribution in [0.1, 0.15) is 44.7 Å². The van der Waals surface area contributed by atoms with E-state index in [0.717, 1.165) is 30.4 Å². The summed E-state index contributed by atoms with van der Waals surface area (Å²) in [5.41, 5.74) is 3.43. The number of allylic oxidation sites excluding steroid dienone is 2. The topological polar surface area (TPSA) is 58.7 Å². The maximum atomic E-state index is 5.82. The van der Waals surface area contributed by atoms with Crippen molar-refractivity contribution in [3.05, 3.63) is 34.9 Å². The fourth-order valence-corrected chi connectivity index (χ4v) is 3.12. The summed E-state index contributed by atoms with van der Waals surface area (Å²) in [7, 11) is 4.86. The van der Waals surface area contributed by atoms with Gasteiger partial charge in [-0.05, 0) is 57.7 Å². The number of hydrogen-bond acceptors (Lipinski definition) is 6. The molecule has 158 valence electrons. The van der Waals surface area contributed by atoms with Crippen molar-refractivity contribution in [1.82, 2.24) is 0 Å². The van der Waals surface area contributed by atoms with Crippen molar-refractivity contribution in [3.8, 4) is 11.5 Å². The zero-order chi connectivity index (χ0) is 20.6. The van der Waals surface area contributed by atoms with Crippen LogP contribution in [0.5, 0.6) is 11.5 Å². The van der Waals surface area contributed by atoms with Gasteiger partial charge in [0, 0.05) is 26.9 Å². The second-order valence-electron chi connectivity index (χ2n) is 7.62. The number of ether oxygens (including phenoxy) is 6. The van der Waals surface area contributed by atoms with Gasteiger partial charge in [-0.1, -0.05) is 11.6 Å². The Labute approximate surface area is 168 Å². The largest absolute Gasteiger partial charge is 0.464 e. The lowest BCUT2D eigenvalue weighted by atomic mass is 10.0. The number of hydrogen-bond donors (Lipinski definition) is 0. The van der Waals surface area contributed by atoms with Crippen LogP contribution in [0.4, 0.5) is 0 Å². The van der Waals surface area contributed by atoms with Crippen molar-refractivity contribution in [2.24, 2.45) is 0 Å². The maximum Gasteiger partial charge on any atom is 0.188 e. The molecule has 0 saturated carbocycles. The first kappa shape index (κ1) is 22.7. The molecule has 1 saturated heterocycles. The van der Waals surface area contributed by atoms with Crippen LogP contribution >= 0.6 is 0 Å². The van der Waals surface area contributed by atoms with Gasteiger partial charge in [-0.15, -0.1) is 0 Å². The van der Waals surface area contributed by atoms with Crippen LogP contribution in [0.2, 0.25) is 0 Å². The molecule has 6 nitrogen and oxygen atoms in total. The monoisotopic (exact) mass is 394 g/mol. The molecular weight excluding hydrogens is 360 g/mol. The lowest BCUT2D eigenvalue weighted by Gasteiger charge is -2.17. The van der Waals surface area contributed by atoms with Crippen LogP contribution in [0.15, 0.2) is 23.8 Å². The average molecular weight is 395 g/mol. The standard InChI is InChI=1S/C22H34O6/c1-16(8-10-20-22(2,3)28-20)7-9-18-11-17(13-23-4)12-19(26-14-24-5)21(18)27-15-25-6/h7,11-12,20H,8-10,13-15H2,1-6H3/b16-7+/t20-/m1/s1. The third-order valence-corrected chi connectivity index (χ3v) is 4.79. The van der Waals surface area contributed by atoms with Gasteiger partial charge in [0.25, 0.3) is 0 Å². The van der Waals surface area contributed by atoms with Crippen LogP contribution < -0.4 is 9.47 Å². The van der Waals surface area contributed by atoms with Crippen LogP contribution in [0, 0.1) is 0 Å². The Hall–Kier alpha value is -1.60. The highest BCUT2D eigenvalue weighted by Crippen LogP contribution is 2.39. The minimum Gasteiger partial charge on any atom is -0.464 e. The second-order valence-corrected chi connectivity index (χ2v) is 7.62. The smallest absolute Gasteiger partial charge is 0.188 e. The summed E-state index contributed by atoms with van der Waals surface area (Å²) >= 11 is 0. The van der Waals surface area contributed by atoms with E-state index in [2.05, 4.69) is 32.9 Å². The molecule has 0 N–H and O–H groups in total. The van der Waals surface area contributed by atoms with E-state index in [1.165, 1.54) is 5.57 Å². The Kier molecular flexibility index (Phi) is 8.76. The summed E-state index contributed by atoms with van der Waals surface area (Å²) in [5, 5.41) is 0. The molecule has 0 aromatic heterocycles. The van der Waals surface area contributed by atoms with Gasteiger partial charge in [0.1, 0.15) is 0 Å². The normalized spacial score (nSPS) is 18.2. The molecule has 1 aliphatic rings. The lowest BCUT2D eigenvalue weighted by molar-refractivity contribution is 0.0316. The average Bonchev–Trinajstić information content (AvgIpc) is 3.28. The minimum atomic E-state index is 0.0452. The van der Waals surface area contributed by atoms with E-state index in [9.17, 15) is 0 Å². The first-order chi connectivity index (χ1) is 13.4. The van der Waals surface area contributed by atoms with Gasteiger partial charge >= 0.3 is 0 Å². The minimum absolute atomic E-state index is 0.0452. The predicted octanol–water partition coefficient (Wildman–Crippen LogP) is 4.24. The van der Waals surface area contributed by atoms with Gasteiger partial charge in [-0.3, -0.25) is 0 Å². The highest BCUT2D eigenvalue weighted by atomic mass is 16.7. The van der Waals surface area contributed by atoms with Crippen molar-refractivity contribution in [2.75, 3.05) is 34.9 Å². The van der Waals surface area contributed by atoms with Crippen molar-refractivity contribution >= 4 is 0 Å². The van der Waals surface area contributed by atoms with Crippen LogP contribution in [0.3, 0.4) is 0 Å². The molecule has 28 heavy (non-hydrogen) atoms. The lowest BCUT2D eigenvalue weighted by Crippen LogP contribution is -2.07. The molecule has 2 rings (SSSR count). The first-order valence-electron chi connectivity index (χ1n) is 9.63. The molecule has 1 atom stereocenters. The molecule has 1 aromatic rings. The number of rotatable bonds is 13. The zero-order valence-corrected chi connectivity index (χ0v) is 18.0. The Bertz CT molecular complexity index is 653. The predicted molar refractivity (Wildman–Crippen MR) is 108 cm³/mol. The Morgan fingerprint density at radius 1 is 1.07 bits per heavy atom. The molecular formula is C22H34O6. The van der Waals surface area contributed by atoms with E-state index in [4.69, 9.17) is 28.4 Å². The highest BCUT2D eigenvalue weighted by Gasteiger charge is 2.46. The van der Waals surface area contributed by atoms with Gasteiger partial charge in [0.2, 0.25) is 0 Å². The highest BCUT2D eigenvalue weighted by molar-refractivity contribution is 5.50. The van der Waals surface area contributed by atoms with Crippen LogP contribution in [0.25, 0.3) is 0 Å². The summed E-state index contributed by atoms with van der Waals surface area (Å²) in [4.78, 5) is 0. The molecule has 6 heteroatoms. The molecule has 1 heterocycles. The fraction of sp³-hybridized carbons (Fsp3) is 0.636. The molecule has 0 bridgehead atoms. The quantitative estimate of drug-likeness (QED) is 0.283. The van der Waals surface area contributed by atoms with E-state index in [1.54, 1.807) is 21.3 Å². The fourth-order valence-electron chi connectivity index (χ4n) is 3.12. The molecule has 1 fully saturated rings. The Morgan fingerprint density at radius 2 is 1.75 bits per heavy atom. The molecule has 1 aromatic carbocycles. The summed E-state index contributed by atoms with van der Waals surface area (Å²) < 4.78 is 32.7. The van der Waals surface area contributed by atoms with E-state index >= 15 is 0 Å². The van der Waals surface area contributed by atoms with Crippen molar-refractivity contribution in [1.29, 1.82) is 0 Å². The molecule has 0 spiro atoms. The SMILES string of the molecule is COCOc1cc(COC)cc(C/C=C(\C)CC[C@H]2OC2(C)C)c1OCOC. The summed E-state index contributed by atoms with van der Waals surface area (Å²) in [6.07, 6.45) is 5.42. The third kappa shape index (κ3) is 6.78. The summed E-state index contributed by atoms with van der Waals surface area (Å²) in [6, 6.07) is 4.01. The van der Waals surface area contributed by atoms with Crippen molar-refractivity contribution < 1.29 is 28.4 Å². The Morgan fingerprint density at radius 3 is 2.36 bits per heavy atom. The van der Waals surface area contributed by atoms with Gasteiger partial charge in [-0.2, -0.15) is 0 Å². The molecule has 0 unspecified atom stereocenters. The van der Waals surface area contributed by atoms with E-state index in [0.29, 0.717) is 24.2 Å². The molecule has 0 radical (unpaired) electrons. The molecule has 0 amide bonds. The zero-order valence-electron chi connectivity index (χ0n) is 18.0. The second kappa shape index (κ2) is 10.8. The van der Waals surface area contributed by atoms with E-state index in [-0.39, 0.29) is 19.2 Å². The maximum absolute atomic E-state index is 5.82. The van der Waals surface area contributed by atoms with Gasteiger partial charge in [0.15, 0.2) is 25.1 Å². The van der Waals surface area contributed by atoms with Crippen LogP contribution in [-0.2, 0) is 32.0 Å². The summed E-state index contributed by atoms with van der Waals surface area (Å²) in [6.45, 7) is 7.23.